The predicted molar refractivity (Wildman–Crippen MR) is 92.2 cm³/mol. The van der Waals surface area contributed by atoms with Gasteiger partial charge in [-0.1, -0.05) is 18.2 Å². The molecule has 128 valence electrons. The highest BCUT2D eigenvalue weighted by Gasteiger charge is 2.31. The zero-order valence-electron chi connectivity index (χ0n) is 13.4. The van der Waals surface area contributed by atoms with Crippen LogP contribution in [0, 0.1) is 0 Å². The molecule has 2 aromatic rings. The average Bonchev–Trinajstić information content (AvgIpc) is 3.01. The number of nitrogens with zero attached hydrogens (tertiary/aromatic N) is 1. The summed E-state index contributed by atoms with van der Waals surface area (Å²) in [5.41, 5.74) is 0. The summed E-state index contributed by atoms with van der Waals surface area (Å²) in [6.45, 7) is 0.710. The highest BCUT2D eigenvalue weighted by Crippen LogP contribution is 2.25. The number of hydrogen-bond donors (Lipinski definition) is 2. The van der Waals surface area contributed by atoms with Crippen LogP contribution in [-0.4, -0.2) is 60.8 Å². The van der Waals surface area contributed by atoms with Crippen LogP contribution in [0.3, 0.4) is 0 Å². The quantitative estimate of drug-likeness (QED) is 0.871. The van der Waals surface area contributed by atoms with E-state index in [9.17, 15) is 14.7 Å². The van der Waals surface area contributed by atoms with Crippen LogP contribution in [0.1, 0.15) is 16.1 Å². The van der Waals surface area contributed by atoms with Crippen LogP contribution in [0.2, 0.25) is 0 Å². The Kier molecular flexibility index (Phi) is 5.13. The minimum absolute atomic E-state index is 0.00549. The number of rotatable bonds is 4. The van der Waals surface area contributed by atoms with Gasteiger partial charge in [0.1, 0.15) is 6.61 Å². The number of thiophene rings is 1. The fourth-order valence-corrected chi connectivity index (χ4v) is 3.84. The third kappa shape index (κ3) is 3.58. The minimum Gasteiger partial charge on any atom is -0.389 e. The molecule has 1 fully saturated rings. The smallest absolute Gasteiger partial charge is 0.261 e. The standard InChI is InChI=1S/C17H20N2O4S/c1-23-10-16(21)19-7-6-12(13(20)9-19)18-17(22)15-8-11-4-2-3-5-14(11)24-15/h2-5,8,12-13,20H,6-7,9-10H2,1H3,(H,18,22)/t12-,13-/m1/s1. The van der Waals surface area contributed by atoms with Gasteiger partial charge in [-0.05, 0) is 23.9 Å². The lowest BCUT2D eigenvalue weighted by molar-refractivity contribution is -0.138. The Morgan fingerprint density at radius 1 is 1.42 bits per heavy atom. The summed E-state index contributed by atoms with van der Waals surface area (Å²) < 4.78 is 5.89. The molecule has 1 aliphatic rings. The van der Waals surface area contributed by atoms with Crippen LogP contribution in [0.5, 0.6) is 0 Å². The molecule has 1 aromatic heterocycles. The van der Waals surface area contributed by atoms with Crippen molar-refractivity contribution < 1.29 is 19.4 Å². The average molecular weight is 348 g/mol. The molecule has 2 amide bonds. The van der Waals surface area contributed by atoms with E-state index >= 15 is 0 Å². The number of hydrogen-bond acceptors (Lipinski definition) is 5. The molecule has 3 rings (SSSR count). The number of ether oxygens (including phenoxy) is 1. The van der Waals surface area contributed by atoms with E-state index in [0.717, 1.165) is 10.1 Å². The summed E-state index contributed by atoms with van der Waals surface area (Å²) in [5, 5.41) is 14.2. The van der Waals surface area contributed by atoms with Crippen molar-refractivity contribution in [3.8, 4) is 0 Å². The van der Waals surface area contributed by atoms with Crippen LogP contribution >= 0.6 is 11.3 Å². The van der Waals surface area contributed by atoms with Crippen LogP contribution in [0.25, 0.3) is 10.1 Å². The zero-order valence-corrected chi connectivity index (χ0v) is 14.2. The summed E-state index contributed by atoms with van der Waals surface area (Å²) in [7, 11) is 1.46. The molecule has 24 heavy (non-hydrogen) atoms. The van der Waals surface area contributed by atoms with Crippen LogP contribution in [-0.2, 0) is 9.53 Å². The first kappa shape index (κ1) is 16.9. The number of carbonyl (C=O) groups excluding carboxylic acids is 2. The Labute approximate surface area is 144 Å². The summed E-state index contributed by atoms with van der Waals surface area (Å²) in [4.78, 5) is 26.4. The third-order valence-corrected chi connectivity index (χ3v) is 5.28. The monoisotopic (exact) mass is 348 g/mol. The molecule has 2 heterocycles. The number of aliphatic hydroxyl groups excluding tert-OH is 1. The number of carbonyl (C=O) groups is 2. The number of β-amino-alcohol motifs (C(OH)–C–C–N with tert-alkyl or cyclic N) is 1. The second kappa shape index (κ2) is 7.29. The van der Waals surface area contributed by atoms with Gasteiger partial charge in [0.15, 0.2) is 0 Å². The van der Waals surface area contributed by atoms with Gasteiger partial charge in [0.25, 0.3) is 5.91 Å². The van der Waals surface area contributed by atoms with E-state index in [1.807, 2.05) is 30.3 Å². The zero-order chi connectivity index (χ0) is 17.1. The molecule has 0 bridgehead atoms. The Bertz CT molecular complexity index is 712. The second-order valence-corrected chi connectivity index (χ2v) is 6.94. The topological polar surface area (TPSA) is 78.9 Å². The molecule has 6 nitrogen and oxygen atoms in total. The number of nitrogens with one attached hydrogen (secondary N) is 1. The number of benzene rings is 1. The fourth-order valence-electron chi connectivity index (χ4n) is 2.87. The fraction of sp³-hybridized carbons (Fsp3) is 0.412. The molecular formula is C17H20N2O4S. The molecule has 1 aromatic carbocycles. The number of piperidine rings is 1. The van der Waals surface area contributed by atoms with Crippen LogP contribution < -0.4 is 5.32 Å². The van der Waals surface area contributed by atoms with Gasteiger partial charge in [-0.25, -0.2) is 0 Å². The SMILES string of the molecule is COCC(=O)N1CC[C@@H](NC(=O)c2cc3ccccc3s2)[C@H](O)C1. The van der Waals surface area contributed by atoms with E-state index in [1.165, 1.54) is 18.4 Å². The van der Waals surface area contributed by atoms with Gasteiger partial charge in [0.05, 0.1) is 17.0 Å². The number of aliphatic hydroxyl groups is 1. The molecular weight excluding hydrogens is 328 g/mol. The van der Waals surface area contributed by atoms with Crippen molar-refractivity contribution in [1.29, 1.82) is 0 Å². The van der Waals surface area contributed by atoms with E-state index < -0.39 is 6.10 Å². The highest BCUT2D eigenvalue weighted by molar-refractivity contribution is 7.20. The largest absolute Gasteiger partial charge is 0.389 e. The van der Waals surface area contributed by atoms with Gasteiger partial charge in [-0.2, -0.15) is 0 Å². The van der Waals surface area contributed by atoms with Gasteiger partial charge < -0.3 is 20.1 Å². The van der Waals surface area contributed by atoms with Gasteiger partial charge in [0.2, 0.25) is 5.91 Å². The van der Waals surface area contributed by atoms with Gasteiger partial charge in [-0.3, -0.25) is 9.59 Å². The summed E-state index contributed by atoms with van der Waals surface area (Å²) in [5.74, 6) is -0.331. The molecule has 2 N–H and O–H groups in total. The summed E-state index contributed by atoms with van der Waals surface area (Å²) >= 11 is 1.43. The first-order valence-electron chi connectivity index (χ1n) is 7.82. The molecule has 0 unspecified atom stereocenters. The minimum atomic E-state index is -0.780. The first-order chi connectivity index (χ1) is 11.6. The summed E-state index contributed by atoms with van der Waals surface area (Å²) in [6, 6.07) is 9.33. The molecule has 0 radical (unpaired) electrons. The Morgan fingerprint density at radius 2 is 2.21 bits per heavy atom. The second-order valence-electron chi connectivity index (χ2n) is 5.86. The Morgan fingerprint density at radius 3 is 2.92 bits per heavy atom. The maximum atomic E-state index is 12.4. The van der Waals surface area contributed by atoms with Crippen LogP contribution in [0.4, 0.5) is 0 Å². The summed E-state index contributed by atoms with van der Waals surface area (Å²) in [6.07, 6.45) is -0.259. The van der Waals surface area contributed by atoms with Gasteiger partial charge in [-0.15, -0.1) is 11.3 Å². The van der Waals surface area contributed by atoms with Crippen molar-refractivity contribution in [1.82, 2.24) is 10.2 Å². The predicted octanol–water partition coefficient (Wildman–Crippen LogP) is 1.24. The van der Waals surface area contributed by atoms with Crippen LogP contribution in [0.15, 0.2) is 30.3 Å². The third-order valence-electron chi connectivity index (χ3n) is 4.17. The lowest BCUT2D eigenvalue weighted by Crippen LogP contribution is -2.55. The molecule has 1 saturated heterocycles. The number of fused-ring (bicyclic) bond motifs is 1. The first-order valence-corrected chi connectivity index (χ1v) is 8.64. The maximum Gasteiger partial charge on any atom is 0.261 e. The van der Waals surface area contributed by atoms with E-state index in [-0.39, 0.29) is 31.0 Å². The van der Waals surface area contributed by atoms with Gasteiger partial charge in [0, 0.05) is 24.9 Å². The maximum absolute atomic E-state index is 12.4. The van der Waals surface area contributed by atoms with Gasteiger partial charge >= 0.3 is 0 Å². The molecule has 7 heteroatoms. The molecule has 0 aliphatic carbocycles. The number of methoxy groups -OCH3 is 1. The Balaban J connectivity index is 1.62. The highest BCUT2D eigenvalue weighted by atomic mass is 32.1. The molecule has 0 saturated carbocycles. The Hall–Kier alpha value is -1.96. The van der Waals surface area contributed by atoms with E-state index in [4.69, 9.17) is 4.74 Å². The molecule has 2 atom stereocenters. The normalized spacial score (nSPS) is 21.0. The van der Waals surface area contributed by atoms with Crippen molar-refractivity contribution in [2.75, 3.05) is 26.8 Å². The van der Waals surface area contributed by atoms with Crippen molar-refractivity contribution in [3.05, 3.63) is 35.2 Å². The number of likely N-dealkylation sites (tertiary alicyclic amines) is 1. The lowest BCUT2D eigenvalue weighted by Gasteiger charge is -2.36. The van der Waals surface area contributed by atoms with Crippen molar-refractivity contribution >= 4 is 33.2 Å². The lowest BCUT2D eigenvalue weighted by atomic mass is 10.0. The number of amides is 2. The van der Waals surface area contributed by atoms with Crippen molar-refractivity contribution in [3.63, 3.8) is 0 Å². The van der Waals surface area contributed by atoms with Crippen molar-refractivity contribution in [2.45, 2.75) is 18.6 Å². The molecule has 0 spiro atoms. The van der Waals surface area contributed by atoms with E-state index in [2.05, 4.69) is 5.32 Å². The van der Waals surface area contributed by atoms with E-state index in [1.54, 1.807) is 4.90 Å². The van der Waals surface area contributed by atoms with E-state index in [0.29, 0.717) is 17.8 Å². The van der Waals surface area contributed by atoms with Crippen molar-refractivity contribution in [2.24, 2.45) is 0 Å². The molecule has 1 aliphatic heterocycles.